The van der Waals surface area contributed by atoms with Crippen LogP contribution in [0.3, 0.4) is 0 Å². The first-order chi connectivity index (χ1) is 18.0. The number of nitrogens with zero attached hydrogens (tertiary/aromatic N) is 3. The smallest absolute Gasteiger partial charge is 0.338 e. The predicted molar refractivity (Wildman–Crippen MR) is 135 cm³/mol. The molecule has 0 saturated carbocycles. The molecule has 0 aliphatic carbocycles. The summed E-state index contributed by atoms with van der Waals surface area (Å²) in [5.74, 6) is -1.06. The summed E-state index contributed by atoms with van der Waals surface area (Å²) in [6, 6.07) is 24.4. The van der Waals surface area contributed by atoms with Gasteiger partial charge in [0.2, 0.25) is 5.88 Å². The van der Waals surface area contributed by atoms with E-state index in [2.05, 4.69) is 16.0 Å². The van der Waals surface area contributed by atoms with Crippen LogP contribution in [-0.2, 0) is 9.47 Å². The number of esters is 2. The number of nitriles is 1. The zero-order valence-electron chi connectivity index (χ0n) is 20.0. The van der Waals surface area contributed by atoms with E-state index >= 15 is 0 Å². The van der Waals surface area contributed by atoms with Crippen LogP contribution < -0.4 is 4.74 Å². The third-order valence-corrected chi connectivity index (χ3v) is 5.39. The number of aryl methyl sites for hydroxylation is 1. The lowest BCUT2D eigenvalue weighted by molar-refractivity contribution is -0.0140. The Kier molecular flexibility index (Phi) is 8.19. The largest absolute Gasteiger partial charge is 0.473 e. The number of carbonyl (C=O) groups excluding carboxylic acids is 2. The topological polar surface area (TPSA) is 111 Å². The first-order valence-corrected chi connectivity index (χ1v) is 11.5. The molecule has 4 aromatic rings. The van der Waals surface area contributed by atoms with Crippen molar-refractivity contribution in [2.24, 2.45) is 0 Å². The normalized spacial score (nSPS) is 11.1. The van der Waals surface area contributed by atoms with Crippen molar-refractivity contribution in [3.05, 3.63) is 114 Å². The summed E-state index contributed by atoms with van der Waals surface area (Å²) >= 11 is 0. The number of benzene rings is 2. The molecule has 184 valence electrons. The summed E-state index contributed by atoms with van der Waals surface area (Å²) < 4.78 is 16.8. The Morgan fingerprint density at radius 3 is 2.14 bits per heavy atom. The van der Waals surface area contributed by atoms with E-state index in [9.17, 15) is 14.9 Å². The van der Waals surface area contributed by atoms with Crippen molar-refractivity contribution >= 4 is 11.9 Å². The monoisotopic (exact) mass is 493 g/mol. The lowest BCUT2D eigenvalue weighted by atomic mass is 10.0. The average molecular weight is 494 g/mol. The van der Waals surface area contributed by atoms with Crippen LogP contribution in [-0.4, -0.2) is 41.2 Å². The van der Waals surface area contributed by atoms with Crippen LogP contribution in [0.1, 0.15) is 32.0 Å². The Bertz CT molecular complexity index is 1400. The molecule has 1 unspecified atom stereocenters. The zero-order valence-corrected chi connectivity index (χ0v) is 20.0. The van der Waals surface area contributed by atoms with Gasteiger partial charge >= 0.3 is 11.9 Å². The van der Waals surface area contributed by atoms with Crippen LogP contribution in [0.15, 0.2) is 91.3 Å². The molecule has 2 heterocycles. The maximum absolute atomic E-state index is 12.7. The second-order valence-electron chi connectivity index (χ2n) is 7.99. The highest BCUT2D eigenvalue weighted by Crippen LogP contribution is 2.27. The number of hydrogen-bond donors (Lipinski definition) is 0. The number of rotatable bonds is 9. The fourth-order valence-electron chi connectivity index (χ4n) is 3.50. The Labute approximate surface area is 214 Å². The van der Waals surface area contributed by atoms with E-state index in [1.165, 1.54) is 0 Å². The third kappa shape index (κ3) is 6.55. The number of pyridine rings is 2. The summed E-state index contributed by atoms with van der Waals surface area (Å²) in [6.07, 6.45) is 2.37. The van der Waals surface area contributed by atoms with Crippen molar-refractivity contribution in [2.75, 3.05) is 13.2 Å². The number of carbonyl (C=O) groups is 2. The molecule has 8 nitrogen and oxygen atoms in total. The molecule has 0 amide bonds. The van der Waals surface area contributed by atoms with Gasteiger partial charge in [0.1, 0.15) is 24.8 Å². The van der Waals surface area contributed by atoms with Crippen molar-refractivity contribution in [3.63, 3.8) is 0 Å². The Hall–Kier alpha value is -5.03. The van der Waals surface area contributed by atoms with Crippen molar-refractivity contribution in [1.82, 2.24) is 9.97 Å². The molecule has 0 radical (unpaired) electrons. The van der Waals surface area contributed by atoms with Gasteiger partial charge in [-0.1, -0.05) is 36.4 Å². The molecule has 37 heavy (non-hydrogen) atoms. The minimum absolute atomic E-state index is 0.0907. The fourth-order valence-corrected chi connectivity index (χ4v) is 3.50. The van der Waals surface area contributed by atoms with Gasteiger partial charge in [-0.05, 0) is 55.0 Å². The molecule has 2 aromatic heterocycles. The van der Waals surface area contributed by atoms with E-state index in [0.717, 1.165) is 11.1 Å². The molecule has 2 aromatic carbocycles. The maximum atomic E-state index is 12.7. The predicted octanol–water partition coefficient (Wildman–Crippen LogP) is 4.79. The standard InChI is InChI=1S/C29H23N3O5/c1-20-26(21-12-14-31-15-13-21)16-24(17-30)27(32-20)35-18-25(37-29(34)23-10-6-3-7-11-23)19-36-28(33)22-8-4-2-5-9-22/h2-16,25H,18-19H2,1H3. The van der Waals surface area contributed by atoms with Gasteiger partial charge in [0.25, 0.3) is 0 Å². The van der Waals surface area contributed by atoms with E-state index in [0.29, 0.717) is 16.8 Å². The van der Waals surface area contributed by atoms with Gasteiger partial charge in [-0.15, -0.1) is 0 Å². The van der Waals surface area contributed by atoms with Gasteiger partial charge in [-0.3, -0.25) is 4.98 Å². The summed E-state index contributed by atoms with van der Waals surface area (Å²) in [5, 5.41) is 9.71. The number of hydrogen-bond acceptors (Lipinski definition) is 8. The average Bonchev–Trinajstić information content (AvgIpc) is 2.95. The van der Waals surface area contributed by atoms with Crippen LogP contribution >= 0.6 is 0 Å². The lowest BCUT2D eigenvalue weighted by Crippen LogP contribution is -2.31. The molecular formula is C29H23N3O5. The SMILES string of the molecule is Cc1nc(OCC(COC(=O)c2ccccc2)OC(=O)c2ccccc2)c(C#N)cc1-c1ccncc1. The molecule has 0 saturated heterocycles. The van der Waals surface area contributed by atoms with Crippen LogP contribution in [0.5, 0.6) is 5.88 Å². The molecule has 4 rings (SSSR count). The fraction of sp³-hybridized carbons (Fsp3) is 0.138. The Balaban J connectivity index is 1.51. The molecule has 8 heteroatoms. The third-order valence-electron chi connectivity index (χ3n) is 5.39. The quantitative estimate of drug-likeness (QED) is 0.306. The molecule has 0 bridgehead atoms. The molecule has 0 aliphatic heterocycles. The molecule has 1 atom stereocenters. The minimum atomic E-state index is -0.950. The summed E-state index contributed by atoms with van der Waals surface area (Å²) in [5.41, 5.74) is 3.21. The molecular weight excluding hydrogens is 470 g/mol. The Morgan fingerprint density at radius 1 is 0.892 bits per heavy atom. The molecule has 0 aliphatic rings. The van der Waals surface area contributed by atoms with Gasteiger partial charge < -0.3 is 14.2 Å². The van der Waals surface area contributed by atoms with Gasteiger partial charge in [-0.2, -0.15) is 5.26 Å². The summed E-state index contributed by atoms with van der Waals surface area (Å²) in [7, 11) is 0. The van der Waals surface area contributed by atoms with E-state index in [-0.39, 0.29) is 24.7 Å². The Morgan fingerprint density at radius 2 is 1.51 bits per heavy atom. The van der Waals surface area contributed by atoms with Crippen LogP contribution in [0.25, 0.3) is 11.1 Å². The van der Waals surface area contributed by atoms with E-state index in [1.54, 1.807) is 86.0 Å². The molecule has 0 spiro atoms. The minimum Gasteiger partial charge on any atom is -0.473 e. The van der Waals surface area contributed by atoms with Gasteiger partial charge in [0.15, 0.2) is 6.10 Å². The van der Waals surface area contributed by atoms with Gasteiger partial charge in [0.05, 0.1) is 11.1 Å². The maximum Gasteiger partial charge on any atom is 0.338 e. The van der Waals surface area contributed by atoms with Crippen LogP contribution in [0.4, 0.5) is 0 Å². The van der Waals surface area contributed by atoms with Crippen molar-refractivity contribution in [3.8, 4) is 23.1 Å². The summed E-state index contributed by atoms with van der Waals surface area (Å²) in [6.45, 7) is 1.37. The van der Waals surface area contributed by atoms with E-state index in [1.807, 2.05) is 12.1 Å². The first-order valence-electron chi connectivity index (χ1n) is 11.5. The lowest BCUT2D eigenvalue weighted by Gasteiger charge is -2.19. The van der Waals surface area contributed by atoms with E-state index in [4.69, 9.17) is 14.2 Å². The van der Waals surface area contributed by atoms with Crippen LogP contribution in [0.2, 0.25) is 0 Å². The molecule has 0 fully saturated rings. The second-order valence-corrected chi connectivity index (χ2v) is 7.99. The highest BCUT2D eigenvalue weighted by atomic mass is 16.6. The van der Waals surface area contributed by atoms with Crippen molar-refractivity contribution < 1.29 is 23.8 Å². The number of ether oxygens (including phenoxy) is 3. The zero-order chi connectivity index (χ0) is 26.0. The highest BCUT2D eigenvalue weighted by Gasteiger charge is 2.21. The van der Waals surface area contributed by atoms with Crippen molar-refractivity contribution in [2.45, 2.75) is 13.0 Å². The first kappa shape index (κ1) is 25.1. The van der Waals surface area contributed by atoms with Gasteiger partial charge in [0, 0.05) is 23.7 Å². The number of aromatic nitrogens is 2. The van der Waals surface area contributed by atoms with Gasteiger partial charge in [-0.25, -0.2) is 14.6 Å². The summed E-state index contributed by atoms with van der Waals surface area (Å²) in [4.78, 5) is 33.6. The highest BCUT2D eigenvalue weighted by molar-refractivity contribution is 5.90. The van der Waals surface area contributed by atoms with Crippen LogP contribution in [0, 0.1) is 18.3 Å². The second kappa shape index (κ2) is 12.1. The van der Waals surface area contributed by atoms with Crippen molar-refractivity contribution in [1.29, 1.82) is 5.26 Å². The molecule has 0 N–H and O–H groups in total. The van der Waals surface area contributed by atoms with E-state index < -0.39 is 18.0 Å².